The fourth-order valence-corrected chi connectivity index (χ4v) is 2.84. The molecule has 0 spiro atoms. The van der Waals surface area contributed by atoms with Gasteiger partial charge < -0.3 is 10.4 Å². The van der Waals surface area contributed by atoms with Gasteiger partial charge in [0.05, 0.1) is 12.0 Å². The molecule has 4 nitrogen and oxygen atoms in total. The Kier molecular flexibility index (Phi) is 6.73. The summed E-state index contributed by atoms with van der Waals surface area (Å²) in [7, 11) is 0. The van der Waals surface area contributed by atoms with E-state index in [1.807, 2.05) is 0 Å². The number of alkyl halides is 3. The van der Waals surface area contributed by atoms with Crippen LogP contribution in [0.3, 0.4) is 0 Å². The van der Waals surface area contributed by atoms with Crippen molar-refractivity contribution in [1.82, 2.24) is 5.32 Å². The molecular weight excluding hydrogens is 406 g/mol. The van der Waals surface area contributed by atoms with Gasteiger partial charge in [0.25, 0.3) is 0 Å². The normalized spacial score (nSPS) is 12.5. The summed E-state index contributed by atoms with van der Waals surface area (Å²) in [4.78, 5) is 23.5. The molecule has 0 saturated heterocycles. The lowest BCUT2D eigenvalue weighted by atomic mass is 10.0. The van der Waals surface area contributed by atoms with Crippen molar-refractivity contribution in [3.05, 3.63) is 69.2 Å². The first kappa shape index (κ1) is 21.1. The molecule has 0 aliphatic heterocycles. The van der Waals surface area contributed by atoms with Gasteiger partial charge in [-0.1, -0.05) is 41.4 Å². The zero-order chi connectivity index (χ0) is 20.2. The van der Waals surface area contributed by atoms with Crippen LogP contribution < -0.4 is 5.32 Å². The highest BCUT2D eigenvalue weighted by Gasteiger charge is 2.30. The topological polar surface area (TPSA) is 66.4 Å². The Labute approximate surface area is 162 Å². The second kappa shape index (κ2) is 8.63. The number of carboxylic acids is 1. The van der Waals surface area contributed by atoms with E-state index < -0.39 is 29.7 Å². The number of hydrogen-bond donors (Lipinski definition) is 2. The Morgan fingerprint density at radius 1 is 1.07 bits per heavy atom. The molecule has 2 N–H and O–H groups in total. The van der Waals surface area contributed by atoms with Gasteiger partial charge in [-0.2, -0.15) is 13.2 Å². The van der Waals surface area contributed by atoms with Gasteiger partial charge in [0.1, 0.15) is 6.04 Å². The number of rotatable bonds is 6. The summed E-state index contributed by atoms with van der Waals surface area (Å²) in [5.74, 6) is -1.89. The van der Waals surface area contributed by atoms with E-state index in [-0.39, 0.29) is 17.9 Å². The van der Waals surface area contributed by atoms with Crippen molar-refractivity contribution in [2.24, 2.45) is 0 Å². The van der Waals surface area contributed by atoms with Gasteiger partial charge in [-0.15, -0.1) is 0 Å². The van der Waals surface area contributed by atoms with Crippen molar-refractivity contribution in [3.63, 3.8) is 0 Å². The molecule has 0 unspecified atom stereocenters. The largest absolute Gasteiger partial charge is 0.480 e. The summed E-state index contributed by atoms with van der Waals surface area (Å²) in [5.41, 5.74) is -0.00934. The lowest BCUT2D eigenvalue weighted by Crippen LogP contribution is -2.43. The second-order valence-corrected chi connectivity index (χ2v) is 6.61. The SMILES string of the molecule is O=C(Cc1ccc(C(F)(F)F)cc1)N[C@@H](Cc1ccc(Cl)cc1Cl)C(=O)O. The molecule has 1 atom stereocenters. The van der Waals surface area contributed by atoms with E-state index in [4.69, 9.17) is 23.2 Å². The van der Waals surface area contributed by atoms with Gasteiger partial charge in [0.15, 0.2) is 0 Å². The van der Waals surface area contributed by atoms with E-state index in [2.05, 4.69) is 5.32 Å². The molecule has 0 aliphatic carbocycles. The molecule has 0 saturated carbocycles. The van der Waals surface area contributed by atoms with Crippen LogP contribution in [-0.2, 0) is 28.6 Å². The Morgan fingerprint density at radius 2 is 1.70 bits per heavy atom. The molecule has 9 heteroatoms. The lowest BCUT2D eigenvalue weighted by molar-refractivity contribution is -0.141. The van der Waals surface area contributed by atoms with Gasteiger partial charge in [-0.05, 0) is 35.4 Å². The minimum Gasteiger partial charge on any atom is -0.480 e. The standard InChI is InChI=1S/C18H14Cl2F3NO3/c19-13-6-3-11(14(20)9-13)8-15(17(26)27)24-16(25)7-10-1-4-12(5-2-10)18(21,22)23/h1-6,9,15H,7-8H2,(H,24,25)(H,26,27)/t15-/m0/s1. The molecule has 2 aromatic carbocycles. The third-order valence-corrected chi connectivity index (χ3v) is 4.31. The Hall–Kier alpha value is -2.25. The Bertz CT molecular complexity index is 839. The third kappa shape index (κ3) is 6.15. The van der Waals surface area contributed by atoms with Crippen LogP contribution >= 0.6 is 23.2 Å². The van der Waals surface area contributed by atoms with E-state index in [1.165, 1.54) is 18.2 Å². The molecule has 0 heterocycles. The average Bonchev–Trinajstić information content (AvgIpc) is 2.56. The fourth-order valence-electron chi connectivity index (χ4n) is 2.35. The maximum atomic E-state index is 12.5. The zero-order valence-corrected chi connectivity index (χ0v) is 15.2. The van der Waals surface area contributed by atoms with Crippen molar-refractivity contribution >= 4 is 35.1 Å². The number of benzene rings is 2. The van der Waals surface area contributed by atoms with Crippen molar-refractivity contribution in [2.45, 2.75) is 25.1 Å². The molecule has 0 aliphatic rings. The van der Waals surface area contributed by atoms with Crippen molar-refractivity contribution in [3.8, 4) is 0 Å². The number of nitrogens with one attached hydrogen (secondary N) is 1. The smallest absolute Gasteiger partial charge is 0.416 e. The Morgan fingerprint density at radius 3 is 2.22 bits per heavy atom. The van der Waals surface area contributed by atoms with Crippen molar-refractivity contribution in [2.75, 3.05) is 0 Å². The molecule has 0 fully saturated rings. The summed E-state index contributed by atoms with van der Waals surface area (Å²) >= 11 is 11.8. The van der Waals surface area contributed by atoms with Crippen LogP contribution in [0.15, 0.2) is 42.5 Å². The minimum absolute atomic E-state index is 0.0654. The first-order chi connectivity index (χ1) is 12.6. The van der Waals surface area contributed by atoms with Crippen LogP contribution in [0.25, 0.3) is 0 Å². The number of hydrogen-bond acceptors (Lipinski definition) is 2. The quantitative estimate of drug-likeness (QED) is 0.730. The fraction of sp³-hybridized carbons (Fsp3) is 0.222. The second-order valence-electron chi connectivity index (χ2n) is 5.77. The first-order valence-corrected chi connectivity index (χ1v) is 8.44. The lowest BCUT2D eigenvalue weighted by Gasteiger charge is -2.16. The molecule has 0 radical (unpaired) electrons. The molecule has 144 valence electrons. The van der Waals surface area contributed by atoms with E-state index in [0.717, 1.165) is 12.1 Å². The first-order valence-electron chi connectivity index (χ1n) is 7.68. The third-order valence-electron chi connectivity index (χ3n) is 3.72. The van der Waals surface area contributed by atoms with Crippen LogP contribution in [-0.4, -0.2) is 23.0 Å². The maximum absolute atomic E-state index is 12.5. The van der Waals surface area contributed by atoms with Gasteiger partial charge in [0.2, 0.25) is 5.91 Å². The highest BCUT2D eigenvalue weighted by Crippen LogP contribution is 2.29. The molecule has 0 aromatic heterocycles. The van der Waals surface area contributed by atoms with Crippen LogP contribution in [0.1, 0.15) is 16.7 Å². The summed E-state index contributed by atoms with van der Waals surface area (Å²) in [5, 5.41) is 12.3. The van der Waals surface area contributed by atoms with Gasteiger partial charge in [0, 0.05) is 16.5 Å². The molecule has 1 amide bonds. The summed E-state index contributed by atoms with van der Waals surface area (Å²) in [6.07, 6.45) is -4.78. The Balaban J connectivity index is 2.03. The van der Waals surface area contributed by atoms with Crippen LogP contribution in [0, 0.1) is 0 Å². The van der Waals surface area contributed by atoms with E-state index in [9.17, 15) is 27.9 Å². The predicted molar refractivity (Wildman–Crippen MR) is 94.9 cm³/mol. The number of carbonyl (C=O) groups is 2. The van der Waals surface area contributed by atoms with Gasteiger partial charge in [-0.3, -0.25) is 4.79 Å². The van der Waals surface area contributed by atoms with Crippen LogP contribution in [0.2, 0.25) is 10.0 Å². The monoisotopic (exact) mass is 419 g/mol. The van der Waals surface area contributed by atoms with E-state index >= 15 is 0 Å². The number of aliphatic carboxylic acids is 1. The number of carbonyl (C=O) groups excluding carboxylic acids is 1. The van der Waals surface area contributed by atoms with Gasteiger partial charge >= 0.3 is 12.1 Å². The van der Waals surface area contributed by atoms with Crippen LogP contribution in [0.4, 0.5) is 13.2 Å². The molecular formula is C18H14Cl2F3NO3. The molecule has 2 aromatic rings. The van der Waals surface area contributed by atoms with Crippen LogP contribution in [0.5, 0.6) is 0 Å². The van der Waals surface area contributed by atoms with E-state index in [1.54, 1.807) is 12.1 Å². The summed E-state index contributed by atoms with van der Waals surface area (Å²) in [6.45, 7) is 0. The molecule has 2 rings (SSSR count). The maximum Gasteiger partial charge on any atom is 0.416 e. The van der Waals surface area contributed by atoms with Crippen molar-refractivity contribution in [1.29, 1.82) is 0 Å². The minimum atomic E-state index is -4.47. The van der Waals surface area contributed by atoms with E-state index in [0.29, 0.717) is 16.1 Å². The zero-order valence-electron chi connectivity index (χ0n) is 13.7. The highest BCUT2D eigenvalue weighted by atomic mass is 35.5. The summed E-state index contributed by atoms with van der Waals surface area (Å²) in [6, 6.07) is 7.40. The predicted octanol–water partition coefficient (Wildman–Crippen LogP) is 4.37. The average molecular weight is 420 g/mol. The number of amides is 1. The number of carboxylic acid groups (broad SMARTS) is 1. The summed E-state index contributed by atoms with van der Waals surface area (Å²) < 4.78 is 37.6. The van der Waals surface area contributed by atoms with Crippen molar-refractivity contribution < 1.29 is 27.9 Å². The number of halogens is 5. The molecule has 27 heavy (non-hydrogen) atoms. The highest BCUT2D eigenvalue weighted by molar-refractivity contribution is 6.35. The molecule has 0 bridgehead atoms. The van der Waals surface area contributed by atoms with Gasteiger partial charge in [-0.25, -0.2) is 4.79 Å².